The van der Waals surface area contributed by atoms with Gasteiger partial charge < -0.3 is 18.6 Å². The molecule has 0 aliphatic heterocycles. The summed E-state index contributed by atoms with van der Waals surface area (Å²) in [4.78, 5) is 2.56. The topological polar surface area (TPSA) is 15.3 Å². The van der Waals surface area contributed by atoms with Crippen molar-refractivity contribution in [2.24, 2.45) is 0 Å². The highest BCUT2D eigenvalue weighted by molar-refractivity contribution is 6.32. The lowest BCUT2D eigenvalue weighted by Crippen LogP contribution is -2.12. The molecular formula is C68H62N4. The van der Waals surface area contributed by atoms with Crippen LogP contribution in [0.5, 0.6) is 0 Å². The minimum absolute atomic E-state index is 0.00562. The second-order valence-electron chi connectivity index (χ2n) is 21.3. The maximum absolute atomic E-state index is 10.9. The Kier molecular flexibility index (Phi) is 5.85. The summed E-state index contributed by atoms with van der Waals surface area (Å²) in [5, 5.41) is -0.741. The van der Waals surface area contributed by atoms with Gasteiger partial charge in [-0.1, -0.05) is 178 Å². The molecule has 13 aromatic rings. The maximum atomic E-state index is 10.9. The van der Waals surface area contributed by atoms with Crippen molar-refractivity contribution in [2.75, 3.05) is 9.80 Å². The fraction of sp³-hybridized carbons (Fsp3) is 0.206. The normalized spacial score (nSPS) is 17.1. The van der Waals surface area contributed by atoms with Gasteiger partial charge in [0.25, 0.3) is 0 Å². The molecule has 4 aromatic heterocycles. The largest absolute Gasteiger partial charge is 0.310 e. The molecule has 0 unspecified atom stereocenters. The van der Waals surface area contributed by atoms with Gasteiger partial charge in [0.05, 0.1) is 74.6 Å². The Morgan fingerprint density at radius 3 is 1.10 bits per heavy atom. The predicted molar refractivity (Wildman–Crippen MR) is 311 cm³/mol. The molecule has 4 heteroatoms. The van der Waals surface area contributed by atoms with Crippen LogP contribution in [0.3, 0.4) is 0 Å². The summed E-state index contributed by atoms with van der Waals surface area (Å²) in [6, 6.07) is 0.634. The van der Waals surface area contributed by atoms with Gasteiger partial charge in [0.2, 0.25) is 0 Å². The first kappa shape index (κ1) is 26.6. The maximum Gasteiger partial charge on any atom is 0.0653 e. The molecule has 0 saturated carbocycles. The molecule has 0 spiro atoms. The van der Waals surface area contributed by atoms with Crippen LogP contribution in [-0.2, 0) is 10.8 Å². The van der Waals surface area contributed by atoms with Crippen molar-refractivity contribution in [3.05, 3.63) is 204 Å². The quantitative estimate of drug-likeness (QED) is 0.151. The van der Waals surface area contributed by atoms with Gasteiger partial charge >= 0.3 is 0 Å². The number of anilines is 6. The van der Waals surface area contributed by atoms with Gasteiger partial charge in [0.15, 0.2) is 0 Å². The number of nitrogens with zero attached hydrogens (tertiary/aromatic N) is 4. The molecule has 0 radical (unpaired) electrons. The van der Waals surface area contributed by atoms with Crippen LogP contribution in [-0.4, -0.2) is 8.80 Å². The molecule has 0 aliphatic carbocycles. The first-order valence-corrected chi connectivity index (χ1v) is 24.2. The number of fused-ring (bicyclic) bond motifs is 12. The van der Waals surface area contributed by atoms with Crippen LogP contribution in [0.25, 0.3) is 76.2 Å². The lowest BCUT2D eigenvalue weighted by Gasteiger charge is -2.27. The average molecular weight is 957 g/mol. The minimum atomic E-state index is -1.08. The Morgan fingerprint density at radius 2 is 0.750 bits per heavy atom. The summed E-state index contributed by atoms with van der Waals surface area (Å²) in [5.74, 6) is 0.0148. The number of rotatable bonds is 8. The minimum Gasteiger partial charge on any atom is -0.310 e. The van der Waals surface area contributed by atoms with Gasteiger partial charge in [-0.2, -0.15) is 0 Å². The highest BCUT2D eigenvalue weighted by Gasteiger charge is 2.31. The summed E-state index contributed by atoms with van der Waals surface area (Å²) in [6.07, 6.45) is 0. The van der Waals surface area contributed by atoms with E-state index in [0.29, 0.717) is 0 Å². The molecule has 72 heavy (non-hydrogen) atoms. The number of hydrogen-bond donors (Lipinski definition) is 0. The third-order valence-electron chi connectivity index (χ3n) is 14.0. The Bertz CT molecular complexity index is 5140. The van der Waals surface area contributed by atoms with E-state index in [0.717, 1.165) is 11.1 Å². The van der Waals surface area contributed by atoms with Crippen LogP contribution in [0.15, 0.2) is 181 Å². The SMILES string of the molecule is [2H]c1c([2H])c([2H])c(N(c2ccc(C(C)C)cc2)c2c([2H])c([2H])c3c4c([2H])c5c(c([2H])c4n4c6c(C(C)(C)C)c([2H])c([2H])c([2H])c6c2c34)c2c([2H])c([2H])c(N(c3ccc(C(C)C)cc3)c3c([2H])c([2H])c([2H])c([2H])c3[2H])c3c4c([2H])c([2H])c([2H])c(C(C)(C)C)c4n5c23)c([2H])c1[2H]. The van der Waals surface area contributed by atoms with Gasteiger partial charge in [0, 0.05) is 65.8 Å². The van der Waals surface area contributed by atoms with Gasteiger partial charge in [-0.25, -0.2) is 0 Å². The smallest absolute Gasteiger partial charge is 0.0653 e. The van der Waals surface area contributed by atoms with E-state index < -0.39 is 143 Å². The van der Waals surface area contributed by atoms with Crippen molar-refractivity contribution < 1.29 is 30.2 Å². The monoisotopic (exact) mass is 957 g/mol. The number of benzene rings is 9. The second kappa shape index (κ2) is 15.8. The molecular weight excluding hydrogens is 873 g/mol. The predicted octanol–water partition coefficient (Wildman–Crippen LogP) is 19.8. The Morgan fingerprint density at radius 1 is 0.375 bits per heavy atom. The van der Waals surface area contributed by atoms with E-state index in [-0.39, 0.29) is 134 Å². The average Bonchev–Trinajstić information content (AvgIpc) is 1.48. The van der Waals surface area contributed by atoms with Crippen LogP contribution < -0.4 is 9.80 Å². The van der Waals surface area contributed by atoms with Crippen LogP contribution in [0.4, 0.5) is 34.1 Å². The number of para-hydroxylation sites is 4. The molecule has 0 atom stereocenters. The Balaban J connectivity index is 1.34. The highest BCUT2D eigenvalue weighted by Crippen LogP contribution is 2.53. The molecule has 13 rings (SSSR count). The van der Waals surface area contributed by atoms with E-state index in [9.17, 15) is 21.9 Å². The van der Waals surface area contributed by atoms with E-state index in [1.165, 1.54) is 18.6 Å². The lowest BCUT2D eigenvalue weighted by atomic mass is 9.85. The fourth-order valence-corrected chi connectivity index (χ4v) is 10.6. The first-order chi connectivity index (χ1) is 43.9. The molecule has 0 aliphatic rings. The zero-order chi connectivity index (χ0) is 68.7. The molecule has 0 N–H and O–H groups in total. The number of aromatic nitrogens is 2. The summed E-state index contributed by atoms with van der Waals surface area (Å²) in [5.41, 5.74) is -1.23. The van der Waals surface area contributed by atoms with Crippen molar-refractivity contribution in [3.8, 4) is 0 Å². The third kappa shape index (κ3) is 6.43. The van der Waals surface area contributed by atoms with Crippen LogP contribution in [0.2, 0.25) is 0 Å². The zero-order valence-electron chi connectivity index (χ0n) is 63.6. The molecule has 0 bridgehead atoms. The fourth-order valence-electron chi connectivity index (χ4n) is 10.6. The standard InChI is InChI=1S/C68H62N4/c1-41(2)43-27-31-47(32-28-43)69(45-19-13-11-14-20-45)57-37-35-49-53-39-60-54(40-59(53)71-63-51(61(57)65(49)71)23-17-25-55(63)67(5,6)7)50-36-38-58(62-52-24-18-26-56(68(8,9)10)64(52)72(60)66(50)62)70(46-21-15-12-16-22-46)48-33-29-44(30-34-48)42(3)4/h11-42H,1-10H3/i11D,12D,13D,14D,15D,16D,17D,18D,19D,20D,21D,22D,23D,24D,25D,26D,35D,36D,37D,38D,39D,40D. The van der Waals surface area contributed by atoms with Crippen molar-refractivity contribution in [2.45, 2.75) is 91.9 Å². The van der Waals surface area contributed by atoms with Crippen molar-refractivity contribution >= 4 is 110 Å². The summed E-state index contributed by atoms with van der Waals surface area (Å²) in [7, 11) is 0. The third-order valence-corrected chi connectivity index (χ3v) is 14.0. The number of hydrogen-bond acceptors (Lipinski definition) is 2. The van der Waals surface area contributed by atoms with Gasteiger partial charge in [-0.3, -0.25) is 0 Å². The first-order valence-electron chi connectivity index (χ1n) is 35.2. The molecule has 4 nitrogen and oxygen atoms in total. The molecule has 0 saturated heterocycles. The molecule has 354 valence electrons. The highest BCUT2D eigenvalue weighted by atomic mass is 15.2. The van der Waals surface area contributed by atoms with Crippen molar-refractivity contribution in [1.29, 1.82) is 0 Å². The molecule has 9 aromatic carbocycles. The summed E-state index contributed by atoms with van der Waals surface area (Å²) < 4.78 is 216. The van der Waals surface area contributed by atoms with Gasteiger partial charge in [0.1, 0.15) is 0 Å². The molecule has 0 amide bonds. The van der Waals surface area contributed by atoms with Gasteiger partial charge in [-0.05, 0) is 118 Å². The molecule has 4 heterocycles. The summed E-state index contributed by atoms with van der Waals surface area (Å²) in [6.45, 7) is 18.6. The van der Waals surface area contributed by atoms with Crippen LogP contribution in [0, 0.1) is 0 Å². The summed E-state index contributed by atoms with van der Waals surface area (Å²) >= 11 is 0. The van der Waals surface area contributed by atoms with E-state index in [1.54, 1.807) is 90.1 Å². The van der Waals surface area contributed by atoms with Crippen molar-refractivity contribution in [3.63, 3.8) is 0 Å². The van der Waals surface area contributed by atoms with Crippen LogP contribution in [0.1, 0.15) is 133 Å². The Labute approximate surface area is 453 Å². The van der Waals surface area contributed by atoms with E-state index in [4.69, 9.17) is 8.22 Å². The van der Waals surface area contributed by atoms with Gasteiger partial charge in [-0.15, -0.1) is 0 Å². The van der Waals surface area contributed by atoms with E-state index >= 15 is 0 Å². The molecule has 0 fully saturated rings. The zero-order valence-corrected chi connectivity index (χ0v) is 41.6. The van der Waals surface area contributed by atoms with Crippen molar-refractivity contribution in [1.82, 2.24) is 8.80 Å². The van der Waals surface area contributed by atoms with E-state index in [2.05, 4.69) is 0 Å². The lowest BCUT2D eigenvalue weighted by molar-refractivity contribution is 0.594. The Hall–Kier alpha value is -7.82. The second-order valence-corrected chi connectivity index (χ2v) is 21.3. The van der Waals surface area contributed by atoms with Crippen LogP contribution >= 0.6 is 0 Å². The van der Waals surface area contributed by atoms with E-state index in [1.807, 2.05) is 27.7 Å².